The Balaban J connectivity index is 0.000000123. The predicted molar refractivity (Wildman–Crippen MR) is 349 cm³/mol. The molecule has 0 aliphatic rings. The van der Waals surface area contributed by atoms with Crippen molar-refractivity contribution in [3.05, 3.63) is 261 Å². The van der Waals surface area contributed by atoms with Crippen LogP contribution in [0.15, 0.2) is 233 Å². The van der Waals surface area contributed by atoms with Gasteiger partial charge in [0.2, 0.25) is 36.9 Å². The Bertz CT molecular complexity index is 5300. The SMILES string of the molecule is FCCCn1c2ccc(-c3nnco3)cc2c2ncccc21.NNC(=O)c1cccc(-c2ncccc2[N+](=O)[O-])c1.O=C(O)c1cccc(-c2ncccc2[N+](=O)[O-])c1.O=[N+]([O-])c1cccnc1-c1cccc(-c2nnco2)c1.c1cnc2c(c1)[nH]c1ccc(-c3nnco3)cc12. The van der Waals surface area contributed by atoms with Crippen LogP contribution >= 0.6 is 0 Å². The van der Waals surface area contributed by atoms with Crippen LogP contribution in [0.3, 0.4) is 0 Å². The van der Waals surface area contributed by atoms with Crippen molar-refractivity contribution in [1.29, 1.82) is 0 Å². The molecule has 480 valence electrons. The summed E-state index contributed by atoms with van der Waals surface area (Å²) >= 11 is 0. The molecule has 15 aromatic rings. The third kappa shape index (κ3) is 14.8. The van der Waals surface area contributed by atoms with Gasteiger partial charge in [0, 0.05) is 111 Å². The molecule has 10 heterocycles. The minimum atomic E-state index is -1.09. The highest BCUT2D eigenvalue weighted by Gasteiger charge is 2.21. The number of carbonyl (C=O) groups excluding carboxylic acids is 1. The van der Waals surface area contributed by atoms with Crippen molar-refractivity contribution in [3.8, 4) is 68.1 Å². The number of benzene rings is 5. The lowest BCUT2D eigenvalue weighted by atomic mass is 10.1. The molecule has 0 aliphatic carbocycles. The molecule has 15 rings (SSSR count). The lowest BCUT2D eigenvalue weighted by Crippen LogP contribution is -2.29. The molecule has 10 aromatic heterocycles. The van der Waals surface area contributed by atoms with Crippen LogP contribution in [0.1, 0.15) is 27.1 Å². The number of hydrogen-bond acceptors (Lipinski definition) is 23. The number of carboxylic acids is 1. The Labute approximate surface area is 543 Å². The number of aromatic nitrogens is 13. The zero-order valence-electron chi connectivity index (χ0n) is 50.0. The zero-order valence-corrected chi connectivity index (χ0v) is 50.0. The summed E-state index contributed by atoms with van der Waals surface area (Å²) in [4.78, 5) is 77.8. The van der Waals surface area contributed by atoms with Gasteiger partial charge < -0.3 is 27.9 Å². The number of nitrogen functional groups attached to an aromatic ring is 1. The summed E-state index contributed by atoms with van der Waals surface area (Å²) in [5.74, 6) is 4.83. The first-order chi connectivity index (χ1) is 47.3. The summed E-state index contributed by atoms with van der Waals surface area (Å²) in [5.41, 5.74) is 12.6. The topological polar surface area (TPSA) is 424 Å². The molecule has 0 unspecified atom stereocenters. The van der Waals surface area contributed by atoms with Crippen molar-refractivity contribution in [2.75, 3.05) is 6.67 Å². The van der Waals surface area contributed by atoms with Crippen molar-refractivity contribution >= 4 is 72.8 Å². The van der Waals surface area contributed by atoms with E-state index in [2.05, 4.69) is 65.1 Å². The second-order valence-electron chi connectivity index (χ2n) is 20.2. The number of pyridine rings is 5. The smallest absolute Gasteiger partial charge is 0.335 e. The van der Waals surface area contributed by atoms with E-state index in [-0.39, 0.29) is 40.7 Å². The molecule has 0 spiro atoms. The number of halogens is 1. The first-order valence-corrected chi connectivity index (χ1v) is 28.7. The fraction of sp³-hybridized carbons (Fsp3) is 0.0455. The van der Waals surface area contributed by atoms with Crippen molar-refractivity contribution in [2.24, 2.45) is 5.84 Å². The molecule has 31 heteroatoms. The Morgan fingerprint density at radius 1 is 0.495 bits per heavy atom. The summed E-state index contributed by atoms with van der Waals surface area (Å²) in [6.45, 7) is 0.295. The largest absolute Gasteiger partial charge is 0.478 e. The minimum absolute atomic E-state index is 0.0461. The Kier molecular flexibility index (Phi) is 19.9. The number of alkyl halides is 1. The van der Waals surface area contributed by atoms with Crippen LogP contribution in [0.2, 0.25) is 0 Å². The lowest BCUT2D eigenvalue weighted by Gasteiger charge is -2.05. The van der Waals surface area contributed by atoms with E-state index in [0.29, 0.717) is 64.1 Å². The molecule has 0 saturated carbocycles. The molecule has 0 radical (unpaired) electrons. The number of nitrogens with two attached hydrogens (primary N) is 1. The monoisotopic (exact) mass is 1300 g/mol. The van der Waals surface area contributed by atoms with E-state index in [1.807, 2.05) is 66.1 Å². The fourth-order valence-electron chi connectivity index (χ4n) is 10.0. The van der Waals surface area contributed by atoms with Crippen LogP contribution in [-0.2, 0) is 6.54 Å². The highest BCUT2D eigenvalue weighted by molar-refractivity contribution is 6.07. The number of hydrogen-bond donors (Lipinski definition) is 4. The average Bonchev–Trinajstić information content (AvgIpc) is 1.63. The summed E-state index contributed by atoms with van der Waals surface area (Å²) < 4.78 is 30.3. The molecule has 97 heavy (non-hydrogen) atoms. The number of H-pyrrole nitrogens is 1. The fourth-order valence-corrected chi connectivity index (χ4v) is 10.0. The number of carboxylic acid groups (broad SMARTS) is 1. The van der Waals surface area contributed by atoms with Gasteiger partial charge in [0.1, 0.15) is 17.1 Å². The molecule has 0 bridgehead atoms. The molecule has 0 atom stereocenters. The van der Waals surface area contributed by atoms with Crippen LogP contribution in [-0.4, -0.2) is 103 Å². The van der Waals surface area contributed by atoms with Crippen molar-refractivity contribution in [2.45, 2.75) is 13.0 Å². The first kappa shape index (κ1) is 64.4. The molecule has 0 fully saturated rings. The van der Waals surface area contributed by atoms with Gasteiger partial charge in [-0.05, 0) is 122 Å². The second-order valence-corrected chi connectivity index (χ2v) is 20.2. The Morgan fingerprint density at radius 2 is 0.948 bits per heavy atom. The predicted octanol–water partition coefficient (Wildman–Crippen LogP) is 12.7. The number of aromatic carboxylic acids is 1. The number of carbonyl (C=O) groups is 2. The van der Waals surface area contributed by atoms with Crippen LogP contribution in [0.5, 0.6) is 0 Å². The number of nitro groups is 3. The lowest BCUT2D eigenvalue weighted by molar-refractivity contribution is -0.384. The van der Waals surface area contributed by atoms with Crippen LogP contribution in [0, 0.1) is 30.3 Å². The van der Waals surface area contributed by atoms with Gasteiger partial charge in [0.15, 0.2) is 0 Å². The van der Waals surface area contributed by atoms with E-state index in [0.717, 1.165) is 55.0 Å². The van der Waals surface area contributed by atoms with Crippen LogP contribution < -0.4 is 11.3 Å². The second kappa shape index (κ2) is 29.9. The van der Waals surface area contributed by atoms with Gasteiger partial charge in [-0.1, -0.05) is 36.4 Å². The molecule has 0 aliphatic heterocycles. The number of fused-ring (bicyclic) bond motifs is 6. The normalized spacial score (nSPS) is 10.7. The maximum atomic E-state index is 12.6. The molecule has 5 aromatic carbocycles. The number of aromatic amines is 1. The van der Waals surface area contributed by atoms with Gasteiger partial charge in [-0.15, -0.1) is 30.6 Å². The summed E-state index contributed by atoms with van der Waals surface area (Å²) in [7, 11) is 0. The molecule has 30 nitrogen and oxygen atoms in total. The number of nitrogens with zero attached hydrogens (tertiary/aromatic N) is 15. The average molecular weight is 1300 g/mol. The van der Waals surface area contributed by atoms with Crippen molar-refractivity contribution in [1.82, 2.24) is 70.5 Å². The van der Waals surface area contributed by atoms with Gasteiger partial charge in [0.25, 0.3) is 23.0 Å². The maximum Gasteiger partial charge on any atom is 0.335 e. The van der Waals surface area contributed by atoms with E-state index >= 15 is 0 Å². The number of rotatable bonds is 14. The standard InChI is InChI=1S/C16H13FN4O.C13H8N4O3.C13H8N4O.C12H10N4O3.C12H8N2O4/c17-6-2-8-21-13-5-4-11(16-20-19-10-22-16)9-12(13)15-14(21)3-1-7-18-15;18-17(19)11-5-2-6-14-12(11)9-3-1-4-10(7-9)13-16-15-8-20-13;1-2-11-12(14-5-1)9-6-8(3-4-10(9)16-11)13-17-15-7-18-13;13-15-12(17)9-4-1-3-8(7-9)11-10(16(18)19)5-2-6-14-11;15-12(16)9-4-1-3-8(7-9)11-10(14(17)18)5-2-6-13-11/h1,3-5,7,9-10H,2,6,8H2;1-8H;1-7,16H;1-7H,13H2,(H,15,17);1-7H,(H,15,16). The zero-order chi connectivity index (χ0) is 67.8. The highest BCUT2D eigenvalue weighted by atomic mass is 19.1. The van der Waals surface area contributed by atoms with E-state index in [1.54, 1.807) is 60.9 Å². The third-order valence-corrected chi connectivity index (χ3v) is 14.3. The highest BCUT2D eigenvalue weighted by Crippen LogP contribution is 2.34. The third-order valence-electron chi connectivity index (χ3n) is 14.3. The van der Waals surface area contributed by atoms with E-state index in [1.165, 1.54) is 98.4 Å². The van der Waals surface area contributed by atoms with Gasteiger partial charge in [-0.2, -0.15) is 0 Å². The molecule has 0 saturated heterocycles. The van der Waals surface area contributed by atoms with Crippen LogP contribution in [0.4, 0.5) is 21.5 Å². The first-order valence-electron chi connectivity index (χ1n) is 28.7. The Morgan fingerprint density at radius 3 is 1.46 bits per heavy atom. The summed E-state index contributed by atoms with van der Waals surface area (Å²) in [6, 6.07) is 47.5. The summed E-state index contributed by atoms with van der Waals surface area (Å²) in [5, 5.41) is 66.4. The quantitative estimate of drug-likeness (QED) is 0.0340. The van der Waals surface area contributed by atoms with Gasteiger partial charge in [-0.25, -0.2) is 25.6 Å². The minimum Gasteiger partial charge on any atom is -0.478 e. The molecular weight excluding hydrogens is 1260 g/mol. The van der Waals surface area contributed by atoms with E-state index in [4.69, 9.17) is 24.2 Å². The van der Waals surface area contributed by atoms with Crippen LogP contribution in [0.25, 0.3) is 112 Å². The molecule has 1 amide bonds. The molecule has 5 N–H and O–H groups in total. The molecular formula is C66H47FN18O12. The number of aryl methyl sites for hydroxylation is 1. The van der Waals surface area contributed by atoms with Gasteiger partial charge >= 0.3 is 5.97 Å². The summed E-state index contributed by atoms with van der Waals surface area (Å²) in [6.07, 6.45) is 12.3. The maximum absolute atomic E-state index is 12.6. The van der Waals surface area contributed by atoms with Crippen molar-refractivity contribution < 1.29 is 47.1 Å². The van der Waals surface area contributed by atoms with Crippen molar-refractivity contribution in [3.63, 3.8) is 0 Å². The number of hydrazine groups is 1. The van der Waals surface area contributed by atoms with Gasteiger partial charge in [0.05, 0.1) is 54.6 Å². The number of nitrogens with one attached hydrogen (secondary N) is 2. The number of amides is 1. The van der Waals surface area contributed by atoms with E-state index in [9.17, 15) is 44.3 Å². The van der Waals surface area contributed by atoms with E-state index < -0.39 is 26.6 Å². The Hall–Kier alpha value is -14.1. The van der Waals surface area contributed by atoms with Gasteiger partial charge in [-0.3, -0.25) is 54.9 Å².